The Morgan fingerprint density at radius 1 is 1.42 bits per heavy atom. The zero-order chi connectivity index (χ0) is 13.7. The molecule has 5 nitrogen and oxygen atoms in total. The number of hydrogen-bond acceptors (Lipinski definition) is 4. The summed E-state index contributed by atoms with van der Waals surface area (Å²) in [6.45, 7) is 2.76. The molecule has 2 aromatic rings. The van der Waals surface area contributed by atoms with Crippen LogP contribution in [0.2, 0.25) is 0 Å². The van der Waals surface area contributed by atoms with E-state index in [1.54, 1.807) is 4.68 Å². The van der Waals surface area contributed by atoms with E-state index in [1.807, 2.05) is 38.4 Å². The van der Waals surface area contributed by atoms with Crippen molar-refractivity contribution in [2.24, 2.45) is 12.8 Å². The molecule has 1 aromatic carbocycles. The Morgan fingerprint density at radius 2 is 2.26 bits per heavy atom. The van der Waals surface area contributed by atoms with Gasteiger partial charge in [0.2, 0.25) is 0 Å². The Balaban J connectivity index is 2.05. The van der Waals surface area contributed by atoms with E-state index in [0.717, 1.165) is 22.6 Å². The average Bonchev–Trinajstić information content (AvgIpc) is 2.81. The van der Waals surface area contributed by atoms with Crippen LogP contribution in [0, 0.1) is 18.8 Å². The highest BCUT2D eigenvalue weighted by Crippen LogP contribution is 2.19. The summed E-state index contributed by atoms with van der Waals surface area (Å²) in [6.07, 6.45) is 1.83. The Bertz CT molecular complexity index is 622. The minimum absolute atomic E-state index is 0.365. The van der Waals surface area contributed by atoms with E-state index in [1.165, 1.54) is 0 Å². The number of hydrogen-bond donors (Lipinski definition) is 1. The number of benzene rings is 1. The second-order valence-electron chi connectivity index (χ2n) is 4.16. The molecule has 0 fully saturated rings. The highest BCUT2D eigenvalue weighted by molar-refractivity contribution is 5.43. The summed E-state index contributed by atoms with van der Waals surface area (Å²) in [7, 11) is 1.83. The van der Waals surface area contributed by atoms with Gasteiger partial charge in [-0.2, -0.15) is 0 Å². The third-order valence-electron chi connectivity index (χ3n) is 2.54. The van der Waals surface area contributed by atoms with Crippen LogP contribution in [-0.2, 0) is 13.7 Å². The fraction of sp³-hybridized carbons (Fsp3) is 0.286. The summed E-state index contributed by atoms with van der Waals surface area (Å²) in [4.78, 5) is 0. The first-order valence-electron chi connectivity index (χ1n) is 5.96. The van der Waals surface area contributed by atoms with E-state index >= 15 is 0 Å². The van der Waals surface area contributed by atoms with E-state index in [0.29, 0.717) is 13.2 Å². The molecule has 0 unspecified atom stereocenters. The van der Waals surface area contributed by atoms with E-state index < -0.39 is 0 Å². The molecule has 0 amide bonds. The van der Waals surface area contributed by atoms with Gasteiger partial charge in [-0.15, -0.1) is 5.10 Å². The first kappa shape index (κ1) is 13.1. The van der Waals surface area contributed by atoms with Crippen molar-refractivity contribution in [3.05, 3.63) is 41.2 Å². The van der Waals surface area contributed by atoms with Gasteiger partial charge in [-0.25, -0.2) is 0 Å². The first-order valence-corrected chi connectivity index (χ1v) is 5.96. The Hall–Kier alpha value is -2.32. The minimum Gasteiger partial charge on any atom is -0.487 e. The van der Waals surface area contributed by atoms with Gasteiger partial charge in [0.1, 0.15) is 18.1 Å². The van der Waals surface area contributed by atoms with Crippen LogP contribution in [0.5, 0.6) is 5.75 Å². The molecule has 1 heterocycles. The lowest BCUT2D eigenvalue weighted by Crippen LogP contribution is -1.98. The molecule has 5 heteroatoms. The van der Waals surface area contributed by atoms with Gasteiger partial charge in [0.05, 0.1) is 12.7 Å². The molecule has 0 aliphatic rings. The molecule has 0 atom stereocenters. The van der Waals surface area contributed by atoms with Crippen LogP contribution < -0.4 is 10.5 Å². The number of nitrogens with two attached hydrogens (primary N) is 1. The van der Waals surface area contributed by atoms with Crippen LogP contribution in [0.4, 0.5) is 0 Å². The van der Waals surface area contributed by atoms with E-state index in [4.69, 9.17) is 10.5 Å². The van der Waals surface area contributed by atoms with Crippen molar-refractivity contribution in [3.63, 3.8) is 0 Å². The highest BCUT2D eigenvalue weighted by atomic mass is 16.5. The zero-order valence-electron chi connectivity index (χ0n) is 11.1. The lowest BCUT2D eigenvalue weighted by Gasteiger charge is -2.07. The van der Waals surface area contributed by atoms with Crippen LogP contribution in [0.15, 0.2) is 24.4 Å². The van der Waals surface area contributed by atoms with E-state index in [9.17, 15) is 0 Å². The number of ether oxygens (including phenoxy) is 1. The van der Waals surface area contributed by atoms with Crippen molar-refractivity contribution in [3.8, 4) is 17.6 Å². The van der Waals surface area contributed by atoms with Gasteiger partial charge in [-0.05, 0) is 30.7 Å². The van der Waals surface area contributed by atoms with Crippen LogP contribution in [0.25, 0.3) is 0 Å². The van der Waals surface area contributed by atoms with E-state index in [2.05, 4.69) is 22.2 Å². The molecule has 19 heavy (non-hydrogen) atoms. The summed E-state index contributed by atoms with van der Waals surface area (Å²) in [5.74, 6) is 6.64. The summed E-state index contributed by atoms with van der Waals surface area (Å²) in [6, 6.07) is 5.81. The molecule has 0 spiro atoms. The van der Waals surface area contributed by atoms with Crippen molar-refractivity contribution in [2.45, 2.75) is 13.5 Å². The van der Waals surface area contributed by atoms with Crippen LogP contribution >= 0.6 is 0 Å². The van der Waals surface area contributed by atoms with Crippen molar-refractivity contribution < 1.29 is 4.74 Å². The number of aryl methyl sites for hydroxylation is 2. The van der Waals surface area contributed by atoms with Gasteiger partial charge >= 0.3 is 0 Å². The fourth-order valence-corrected chi connectivity index (χ4v) is 1.66. The maximum atomic E-state index is 5.71. The van der Waals surface area contributed by atoms with Gasteiger partial charge < -0.3 is 10.5 Å². The summed E-state index contributed by atoms with van der Waals surface area (Å²) >= 11 is 0. The zero-order valence-corrected chi connectivity index (χ0v) is 11.1. The molecular formula is C14H16N4O. The minimum atomic E-state index is 0.365. The van der Waals surface area contributed by atoms with Crippen LogP contribution in [0.3, 0.4) is 0 Å². The predicted octanol–water partition coefficient (Wildman–Crippen LogP) is 1.01. The van der Waals surface area contributed by atoms with Crippen LogP contribution in [0.1, 0.15) is 16.8 Å². The van der Waals surface area contributed by atoms with Gasteiger partial charge in [0.15, 0.2) is 0 Å². The molecule has 1 aromatic heterocycles. The predicted molar refractivity (Wildman–Crippen MR) is 72.4 cm³/mol. The monoisotopic (exact) mass is 256 g/mol. The standard InChI is InChI=1S/C14H16N4O/c1-11-8-12(4-3-7-15)5-6-14(11)19-10-13-9-18(2)17-16-13/h5-6,8-9H,7,10,15H2,1-2H3. The maximum Gasteiger partial charge on any atom is 0.134 e. The summed E-state index contributed by atoms with van der Waals surface area (Å²) < 4.78 is 7.36. The lowest BCUT2D eigenvalue weighted by atomic mass is 10.1. The molecule has 0 saturated carbocycles. The summed E-state index contributed by atoms with van der Waals surface area (Å²) in [5.41, 5.74) is 8.12. The molecule has 0 aliphatic heterocycles. The second-order valence-corrected chi connectivity index (χ2v) is 4.16. The molecule has 0 bridgehead atoms. The Kier molecular flexibility index (Phi) is 4.16. The quantitative estimate of drug-likeness (QED) is 0.832. The average molecular weight is 256 g/mol. The Morgan fingerprint density at radius 3 is 2.89 bits per heavy atom. The molecule has 2 rings (SSSR count). The van der Waals surface area contributed by atoms with Crippen molar-refractivity contribution in [2.75, 3.05) is 6.54 Å². The van der Waals surface area contributed by atoms with E-state index in [-0.39, 0.29) is 0 Å². The second kappa shape index (κ2) is 6.03. The van der Waals surface area contributed by atoms with Crippen molar-refractivity contribution in [1.82, 2.24) is 15.0 Å². The summed E-state index contributed by atoms with van der Waals surface area (Å²) in [5, 5.41) is 7.83. The topological polar surface area (TPSA) is 66.0 Å². The fourth-order valence-electron chi connectivity index (χ4n) is 1.66. The number of nitrogens with zero attached hydrogens (tertiary/aromatic N) is 3. The van der Waals surface area contributed by atoms with Crippen LogP contribution in [-0.4, -0.2) is 21.5 Å². The van der Waals surface area contributed by atoms with Gasteiger partial charge in [0, 0.05) is 12.6 Å². The van der Waals surface area contributed by atoms with Gasteiger partial charge in [-0.1, -0.05) is 17.1 Å². The molecule has 0 saturated heterocycles. The van der Waals surface area contributed by atoms with Gasteiger partial charge in [-0.3, -0.25) is 4.68 Å². The van der Waals surface area contributed by atoms with Gasteiger partial charge in [0.25, 0.3) is 0 Å². The number of rotatable bonds is 3. The molecule has 2 N–H and O–H groups in total. The molecule has 98 valence electrons. The first-order chi connectivity index (χ1) is 9.19. The normalized spacial score (nSPS) is 9.84. The molecular weight excluding hydrogens is 240 g/mol. The smallest absolute Gasteiger partial charge is 0.134 e. The van der Waals surface area contributed by atoms with Crippen molar-refractivity contribution in [1.29, 1.82) is 0 Å². The largest absolute Gasteiger partial charge is 0.487 e. The van der Waals surface area contributed by atoms with Crippen molar-refractivity contribution >= 4 is 0 Å². The third kappa shape index (κ3) is 3.57. The highest BCUT2D eigenvalue weighted by Gasteiger charge is 2.03. The number of aromatic nitrogens is 3. The maximum absolute atomic E-state index is 5.71. The SMILES string of the molecule is Cc1cc(C#CCN)ccc1OCc1cn(C)nn1. The third-order valence-corrected chi connectivity index (χ3v) is 2.54. The Labute approximate surface area is 112 Å². The molecule has 0 aliphatic carbocycles. The molecule has 0 radical (unpaired) electrons. The lowest BCUT2D eigenvalue weighted by molar-refractivity contribution is 0.299.